The lowest BCUT2D eigenvalue weighted by molar-refractivity contribution is 0.0765. The van der Waals surface area contributed by atoms with Crippen LogP contribution in [0.25, 0.3) is 11.0 Å². The van der Waals surface area contributed by atoms with Gasteiger partial charge < -0.3 is 4.90 Å². The quantitative estimate of drug-likeness (QED) is 0.715. The van der Waals surface area contributed by atoms with Crippen molar-refractivity contribution in [2.45, 2.75) is 6.42 Å². The first-order valence-electron chi connectivity index (χ1n) is 6.01. The van der Waals surface area contributed by atoms with Gasteiger partial charge in [-0.25, -0.2) is 4.98 Å². The van der Waals surface area contributed by atoms with Crippen molar-refractivity contribution in [1.29, 1.82) is 0 Å². The molecular weight excluding hydrogens is 226 g/mol. The van der Waals surface area contributed by atoms with Crippen molar-refractivity contribution in [2.75, 3.05) is 13.1 Å². The van der Waals surface area contributed by atoms with Crippen LogP contribution in [-0.2, 0) is 0 Å². The fourth-order valence-electron chi connectivity index (χ4n) is 2.05. The number of rotatable bonds is 1. The molecular formula is C14H13N3O. The maximum Gasteiger partial charge on any atom is 0.274 e. The summed E-state index contributed by atoms with van der Waals surface area (Å²) in [6, 6.07) is 7.57. The highest BCUT2D eigenvalue weighted by atomic mass is 16.2. The molecule has 0 atom stereocenters. The molecule has 2 heterocycles. The van der Waals surface area contributed by atoms with Gasteiger partial charge in [-0.05, 0) is 18.6 Å². The predicted molar refractivity (Wildman–Crippen MR) is 69.2 cm³/mol. The van der Waals surface area contributed by atoms with Gasteiger partial charge in [-0.1, -0.05) is 24.3 Å². The Balaban J connectivity index is 1.93. The number of nitrogens with zero attached hydrogens (tertiary/aromatic N) is 3. The molecule has 1 aliphatic rings. The van der Waals surface area contributed by atoms with Gasteiger partial charge in [0.05, 0.1) is 17.2 Å². The number of amides is 1. The van der Waals surface area contributed by atoms with E-state index in [9.17, 15) is 4.79 Å². The zero-order valence-corrected chi connectivity index (χ0v) is 9.91. The number of aromatic nitrogens is 2. The van der Waals surface area contributed by atoms with Crippen LogP contribution in [0.2, 0.25) is 0 Å². The second kappa shape index (κ2) is 4.56. The largest absolute Gasteiger partial charge is 0.333 e. The van der Waals surface area contributed by atoms with Crippen molar-refractivity contribution in [3.05, 3.63) is 48.3 Å². The standard InChI is InChI=1S/C14H13N3O/c18-14(17-8-4-1-5-9-17)13-10-15-11-6-2-3-7-12(11)16-13/h1-4,6-7,10H,5,8-9H2. The Hall–Kier alpha value is -2.23. The average molecular weight is 239 g/mol. The number of fused-ring (bicyclic) bond motifs is 1. The van der Waals surface area contributed by atoms with E-state index < -0.39 is 0 Å². The molecule has 0 spiro atoms. The molecule has 0 saturated heterocycles. The monoisotopic (exact) mass is 239 g/mol. The highest BCUT2D eigenvalue weighted by Gasteiger charge is 2.17. The first-order valence-corrected chi connectivity index (χ1v) is 6.01. The van der Waals surface area contributed by atoms with E-state index in [1.54, 1.807) is 11.1 Å². The van der Waals surface area contributed by atoms with E-state index in [1.165, 1.54) is 0 Å². The summed E-state index contributed by atoms with van der Waals surface area (Å²) in [5.41, 5.74) is 1.99. The molecule has 4 heteroatoms. The molecule has 90 valence electrons. The summed E-state index contributed by atoms with van der Waals surface area (Å²) in [5, 5.41) is 0. The molecule has 0 bridgehead atoms. The lowest BCUT2D eigenvalue weighted by Crippen LogP contribution is -2.34. The third-order valence-electron chi connectivity index (χ3n) is 3.01. The summed E-state index contributed by atoms with van der Waals surface area (Å²) in [7, 11) is 0. The second-order valence-electron chi connectivity index (χ2n) is 4.26. The fraction of sp³-hybridized carbons (Fsp3) is 0.214. The second-order valence-corrected chi connectivity index (χ2v) is 4.26. The molecule has 4 nitrogen and oxygen atoms in total. The van der Waals surface area contributed by atoms with Crippen LogP contribution in [0.4, 0.5) is 0 Å². The van der Waals surface area contributed by atoms with E-state index >= 15 is 0 Å². The maximum atomic E-state index is 12.2. The summed E-state index contributed by atoms with van der Waals surface area (Å²) in [5.74, 6) is -0.0439. The third kappa shape index (κ3) is 1.97. The molecule has 1 aromatic heterocycles. The molecule has 0 saturated carbocycles. The van der Waals surface area contributed by atoms with E-state index in [4.69, 9.17) is 0 Å². The Kier molecular flexibility index (Phi) is 2.76. The topological polar surface area (TPSA) is 46.1 Å². The SMILES string of the molecule is O=C(c1cnc2ccccc2n1)N1CC=CCC1. The molecule has 1 aromatic carbocycles. The van der Waals surface area contributed by atoms with Gasteiger partial charge in [0.25, 0.3) is 5.91 Å². The van der Waals surface area contributed by atoms with Gasteiger partial charge in [-0.2, -0.15) is 0 Å². The summed E-state index contributed by atoms with van der Waals surface area (Å²) < 4.78 is 0. The number of carbonyl (C=O) groups excluding carboxylic acids is 1. The summed E-state index contributed by atoms with van der Waals surface area (Å²) in [4.78, 5) is 22.7. The maximum absolute atomic E-state index is 12.2. The summed E-state index contributed by atoms with van der Waals surface area (Å²) >= 11 is 0. The van der Waals surface area contributed by atoms with Crippen LogP contribution in [0.1, 0.15) is 16.9 Å². The molecule has 1 amide bonds. The molecule has 3 rings (SSSR count). The van der Waals surface area contributed by atoms with Gasteiger partial charge in [0, 0.05) is 13.1 Å². The number of para-hydroxylation sites is 2. The van der Waals surface area contributed by atoms with E-state index in [0.29, 0.717) is 12.2 Å². The van der Waals surface area contributed by atoms with Crippen molar-refractivity contribution in [3.8, 4) is 0 Å². The van der Waals surface area contributed by atoms with Crippen LogP contribution in [0.15, 0.2) is 42.6 Å². The van der Waals surface area contributed by atoms with Crippen LogP contribution in [0.3, 0.4) is 0 Å². The van der Waals surface area contributed by atoms with Gasteiger partial charge in [-0.3, -0.25) is 9.78 Å². The van der Waals surface area contributed by atoms with Crippen LogP contribution in [-0.4, -0.2) is 33.9 Å². The van der Waals surface area contributed by atoms with Gasteiger partial charge in [0.2, 0.25) is 0 Å². The molecule has 0 unspecified atom stereocenters. The van der Waals surface area contributed by atoms with Crippen molar-refractivity contribution in [2.24, 2.45) is 0 Å². The van der Waals surface area contributed by atoms with Crippen LogP contribution >= 0.6 is 0 Å². The highest BCUT2D eigenvalue weighted by molar-refractivity contribution is 5.94. The number of hydrogen-bond donors (Lipinski definition) is 0. The zero-order chi connectivity index (χ0) is 12.4. The molecule has 18 heavy (non-hydrogen) atoms. The molecule has 0 radical (unpaired) electrons. The van der Waals surface area contributed by atoms with Crippen molar-refractivity contribution >= 4 is 16.9 Å². The Morgan fingerprint density at radius 3 is 2.78 bits per heavy atom. The molecule has 1 aliphatic heterocycles. The van der Waals surface area contributed by atoms with E-state index in [0.717, 1.165) is 24.0 Å². The Labute approximate surface area is 105 Å². The minimum Gasteiger partial charge on any atom is -0.333 e. The summed E-state index contributed by atoms with van der Waals surface area (Å²) in [6.45, 7) is 1.41. The summed E-state index contributed by atoms with van der Waals surface area (Å²) in [6.07, 6.45) is 6.57. The van der Waals surface area contributed by atoms with Crippen molar-refractivity contribution < 1.29 is 4.79 Å². The lowest BCUT2D eigenvalue weighted by Gasteiger charge is -2.22. The van der Waals surface area contributed by atoms with Gasteiger partial charge in [-0.15, -0.1) is 0 Å². The van der Waals surface area contributed by atoms with Gasteiger partial charge in [0.15, 0.2) is 0 Å². The van der Waals surface area contributed by atoms with Crippen LogP contribution < -0.4 is 0 Å². The van der Waals surface area contributed by atoms with Gasteiger partial charge >= 0.3 is 0 Å². The minimum atomic E-state index is -0.0439. The Morgan fingerprint density at radius 1 is 1.17 bits per heavy atom. The van der Waals surface area contributed by atoms with E-state index in [1.807, 2.05) is 30.3 Å². The molecule has 2 aromatic rings. The average Bonchev–Trinajstić information content (AvgIpc) is 2.47. The van der Waals surface area contributed by atoms with Crippen LogP contribution in [0.5, 0.6) is 0 Å². The highest BCUT2D eigenvalue weighted by Crippen LogP contribution is 2.11. The Bertz CT molecular complexity index is 621. The first-order chi connectivity index (χ1) is 8.84. The van der Waals surface area contributed by atoms with Gasteiger partial charge in [0.1, 0.15) is 5.69 Å². The number of hydrogen-bond acceptors (Lipinski definition) is 3. The smallest absolute Gasteiger partial charge is 0.274 e. The lowest BCUT2D eigenvalue weighted by atomic mass is 10.2. The van der Waals surface area contributed by atoms with E-state index in [-0.39, 0.29) is 5.91 Å². The Morgan fingerprint density at radius 2 is 2.00 bits per heavy atom. The third-order valence-corrected chi connectivity index (χ3v) is 3.01. The molecule has 0 fully saturated rings. The normalized spacial score (nSPS) is 15.0. The predicted octanol–water partition coefficient (Wildman–Crippen LogP) is 2.03. The van der Waals surface area contributed by atoms with Crippen LogP contribution in [0, 0.1) is 0 Å². The fourth-order valence-corrected chi connectivity index (χ4v) is 2.05. The number of benzene rings is 1. The van der Waals surface area contributed by atoms with Crippen molar-refractivity contribution in [1.82, 2.24) is 14.9 Å². The molecule has 0 aliphatic carbocycles. The molecule has 0 N–H and O–H groups in total. The van der Waals surface area contributed by atoms with Crippen molar-refractivity contribution in [3.63, 3.8) is 0 Å². The first kappa shape index (κ1) is 10.9. The minimum absolute atomic E-state index is 0.0439. The van der Waals surface area contributed by atoms with E-state index in [2.05, 4.69) is 16.0 Å². The zero-order valence-electron chi connectivity index (χ0n) is 9.91. The number of carbonyl (C=O) groups is 1.